The first kappa shape index (κ1) is 13.3. The number of carbonyl (C=O) groups is 1. The van der Waals surface area contributed by atoms with Crippen LogP contribution in [-0.2, 0) is 9.53 Å². The van der Waals surface area contributed by atoms with Gasteiger partial charge >= 0.3 is 12.1 Å². The van der Waals surface area contributed by atoms with Crippen molar-refractivity contribution < 1.29 is 27.8 Å². The number of alkyl halides is 3. The van der Waals surface area contributed by atoms with E-state index in [0.29, 0.717) is 5.56 Å². The first-order valence-electron chi connectivity index (χ1n) is 4.82. The lowest BCUT2D eigenvalue weighted by atomic mass is 10.0. The van der Waals surface area contributed by atoms with E-state index in [9.17, 15) is 18.0 Å². The molecule has 0 aliphatic carbocycles. The van der Waals surface area contributed by atoms with Crippen LogP contribution >= 0.6 is 0 Å². The molecule has 0 aliphatic rings. The van der Waals surface area contributed by atoms with Crippen LogP contribution in [0.4, 0.5) is 13.2 Å². The molecule has 0 amide bonds. The third kappa shape index (κ3) is 4.34. The molecular weight excluding hydrogens is 237 g/mol. The Hall–Kier alpha value is -1.72. The smallest absolute Gasteiger partial charge is 0.422 e. The van der Waals surface area contributed by atoms with Gasteiger partial charge in [-0.2, -0.15) is 13.2 Å². The van der Waals surface area contributed by atoms with E-state index in [1.54, 1.807) is 0 Å². The average molecular weight is 248 g/mol. The molecule has 0 aromatic heterocycles. The fourth-order valence-corrected chi connectivity index (χ4v) is 1.18. The number of benzene rings is 1. The summed E-state index contributed by atoms with van der Waals surface area (Å²) in [6.07, 6.45) is -4.52. The molecule has 1 atom stereocenters. The highest BCUT2D eigenvalue weighted by Gasteiger charge is 2.30. The molecule has 1 aromatic rings. The Kier molecular flexibility index (Phi) is 3.98. The van der Waals surface area contributed by atoms with Crippen LogP contribution in [0.1, 0.15) is 18.4 Å². The molecule has 0 aliphatic heterocycles. The number of aromatic hydroxyl groups is 1. The fourth-order valence-electron chi connectivity index (χ4n) is 1.18. The number of phenols is 1. The number of hydrogen-bond acceptors (Lipinski definition) is 3. The Labute approximate surface area is 95.8 Å². The summed E-state index contributed by atoms with van der Waals surface area (Å²) in [6.45, 7) is -0.153. The molecule has 3 nitrogen and oxygen atoms in total. The minimum Gasteiger partial charge on any atom is -0.508 e. The van der Waals surface area contributed by atoms with Gasteiger partial charge in [0.1, 0.15) is 5.75 Å². The molecule has 1 N–H and O–H groups in total. The van der Waals surface area contributed by atoms with E-state index in [2.05, 4.69) is 4.74 Å². The Balaban J connectivity index is 2.61. The highest BCUT2D eigenvalue weighted by Crippen LogP contribution is 2.21. The quantitative estimate of drug-likeness (QED) is 0.836. The van der Waals surface area contributed by atoms with Crippen molar-refractivity contribution >= 4 is 5.97 Å². The molecule has 6 heteroatoms. The van der Waals surface area contributed by atoms with Crippen LogP contribution in [0.5, 0.6) is 5.75 Å². The number of phenolic OH excluding ortho intramolecular Hbond substituents is 1. The van der Waals surface area contributed by atoms with E-state index in [-0.39, 0.29) is 5.75 Å². The van der Waals surface area contributed by atoms with Crippen LogP contribution in [0.3, 0.4) is 0 Å². The van der Waals surface area contributed by atoms with Crippen molar-refractivity contribution in [3.63, 3.8) is 0 Å². The molecule has 0 saturated heterocycles. The molecule has 0 fully saturated rings. The van der Waals surface area contributed by atoms with Crippen molar-refractivity contribution in [2.75, 3.05) is 6.61 Å². The summed E-state index contributed by atoms with van der Waals surface area (Å²) < 4.78 is 39.6. The number of ether oxygens (including phenoxy) is 1. The zero-order valence-corrected chi connectivity index (χ0v) is 8.99. The summed E-state index contributed by atoms with van der Waals surface area (Å²) in [6, 6.07) is 5.61. The predicted molar refractivity (Wildman–Crippen MR) is 53.5 cm³/mol. The van der Waals surface area contributed by atoms with Crippen molar-refractivity contribution in [1.82, 2.24) is 0 Å². The maximum absolute atomic E-state index is 11.8. The number of rotatable bonds is 3. The van der Waals surface area contributed by atoms with Gasteiger partial charge in [-0.15, -0.1) is 0 Å². The van der Waals surface area contributed by atoms with Gasteiger partial charge in [0.25, 0.3) is 0 Å². The summed E-state index contributed by atoms with van der Waals surface area (Å²) in [5.41, 5.74) is 0.481. The minimum atomic E-state index is -4.52. The van der Waals surface area contributed by atoms with Crippen molar-refractivity contribution in [2.24, 2.45) is 0 Å². The van der Waals surface area contributed by atoms with E-state index in [1.165, 1.54) is 31.2 Å². The van der Waals surface area contributed by atoms with Crippen LogP contribution < -0.4 is 0 Å². The second-order valence-electron chi connectivity index (χ2n) is 3.54. The van der Waals surface area contributed by atoms with Gasteiger partial charge in [-0.25, -0.2) is 0 Å². The molecule has 0 radical (unpaired) electrons. The lowest BCUT2D eigenvalue weighted by Crippen LogP contribution is -2.23. The van der Waals surface area contributed by atoms with Crippen LogP contribution in [-0.4, -0.2) is 23.9 Å². The Morgan fingerprint density at radius 1 is 1.35 bits per heavy atom. The van der Waals surface area contributed by atoms with Gasteiger partial charge in [-0.1, -0.05) is 12.1 Å². The van der Waals surface area contributed by atoms with Gasteiger partial charge in [0.05, 0.1) is 5.92 Å². The van der Waals surface area contributed by atoms with Crippen LogP contribution in [0.2, 0.25) is 0 Å². The van der Waals surface area contributed by atoms with Gasteiger partial charge in [0.2, 0.25) is 0 Å². The largest absolute Gasteiger partial charge is 0.508 e. The molecule has 94 valence electrons. The second-order valence-corrected chi connectivity index (χ2v) is 3.54. The van der Waals surface area contributed by atoms with Crippen molar-refractivity contribution in [1.29, 1.82) is 0 Å². The van der Waals surface area contributed by atoms with Gasteiger partial charge in [-0.3, -0.25) is 4.79 Å². The third-order valence-electron chi connectivity index (χ3n) is 2.12. The lowest BCUT2D eigenvalue weighted by molar-refractivity contribution is -0.187. The maximum Gasteiger partial charge on any atom is 0.422 e. The first-order valence-corrected chi connectivity index (χ1v) is 4.82. The van der Waals surface area contributed by atoms with Gasteiger partial charge in [0, 0.05) is 0 Å². The summed E-state index contributed by atoms with van der Waals surface area (Å²) in [4.78, 5) is 11.3. The van der Waals surface area contributed by atoms with Crippen molar-refractivity contribution in [2.45, 2.75) is 19.0 Å². The van der Waals surface area contributed by atoms with Crippen LogP contribution in [0, 0.1) is 0 Å². The predicted octanol–water partition coefficient (Wildman–Crippen LogP) is 2.60. The molecule has 0 saturated carbocycles. The summed E-state index contributed by atoms with van der Waals surface area (Å²) >= 11 is 0. The molecular formula is C11H11F3O3. The SMILES string of the molecule is CC(C(=O)OCC(F)(F)F)c1ccc(O)cc1. The Bertz CT molecular complexity index is 384. The zero-order valence-electron chi connectivity index (χ0n) is 8.99. The Morgan fingerprint density at radius 3 is 2.35 bits per heavy atom. The average Bonchev–Trinajstić information content (AvgIpc) is 2.25. The standard InChI is InChI=1S/C11H11F3O3/c1-7(8-2-4-9(15)5-3-8)10(16)17-6-11(12,13)14/h2-5,7,15H,6H2,1H3. The first-order chi connectivity index (χ1) is 7.79. The molecule has 0 heterocycles. The number of halogens is 3. The highest BCUT2D eigenvalue weighted by atomic mass is 19.4. The molecule has 0 spiro atoms. The van der Waals surface area contributed by atoms with Crippen molar-refractivity contribution in [3.8, 4) is 5.75 Å². The van der Waals surface area contributed by atoms with E-state index < -0.39 is 24.7 Å². The van der Waals surface area contributed by atoms with E-state index in [0.717, 1.165) is 0 Å². The zero-order chi connectivity index (χ0) is 13.1. The van der Waals surface area contributed by atoms with E-state index in [4.69, 9.17) is 5.11 Å². The molecule has 1 rings (SSSR count). The maximum atomic E-state index is 11.8. The highest BCUT2D eigenvalue weighted by molar-refractivity contribution is 5.77. The van der Waals surface area contributed by atoms with E-state index >= 15 is 0 Å². The monoisotopic (exact) mass is 248 g/mol. The minimum absolute atomic E-state index is 0.0182. The molecule has 1 unspecified atom stereocenters. The number of esters is 1. The molecule has 17 heavy (non-hydrogen) atoms. The second kappa shape index (κ2) is 5.07. The molecule has 0 bridgehead atoms. The summed E-state index contributed by atoms with van der Waals surface area (Å²) in [5.74, 6) is -1.74. The number of hydrogen-bond donors (Lipinski definition) is 1. The normalized spacial score (nSPS) is 13.2. The van der Waals surface area contributed by atoms with Crippen LogP contribution in [0.25, 0.3) is 0 Å². The number of carbonyl (C=O) groups excluding carboxylic acids is 1. The Morgan fingerprint density at radius 2 is 1.88 bits per heavy atom. The third-order valence-corrected chi connectivity index (χ3v) is 2.12. The lowest BCUT2D eigenvalue weighted by Gasteiger charge is -2.13. The summed E-state index contributed by atoms with van der Waals surface area (Å²) in [5, 5.41) is 9.02. The summed E-state index contributed by atoms with van der Waals surface area (Å²) in [7, 11) is 0. The molecule has 1 aromatic carbocycles. The van der Waals surface area contributed by atoms with Gasteiger partial charge in [-0.05, 0) is 24.6 Å². The van der Waals surface area contributed by atoms with Crippen molar-refractivity contribution in [3.05, 3.63) is 29.8 Å². The van der Waals surface area contributed by atoms with Gasteiger partial charge < -0.3 is 9.84 Å². The van der Waals surface area contributed by atoms with Gasteiger partial charge in [0.15, 0.2) is 6.61 Å². The fraction of sp³-hybridized carbons (Fsp3) is 0.364. The van der Waals surface area contributed by atoms with E-state index in [1.807, 2.05) is 0 Å². The topological polar surface area (TPSA) is 46.5 Å². The van der Waals surface area contributed by atoms with Crippen LogP contribution in [0.15, 0.2) is 24.3 Å².